The molecule has 0 spiro atoms. The summed E-state index contributed by atoms with van der Waals surface area (Å²) in [5.41, 5.74) is 0.254. The minimum absolute atomic E-state index is 0.0999. The predicted molar refractivity (Wildman–Crippen MR) is 102 cm³/mol. The van der Waals surface area contributed by atoms with Crippen molar-refractivity contribution in [2.75, 3.05) is 18.4 Å². The first kappa shape index (κ1) is 18.1. The molecule has 0 unspecified atom stereocenters. The number of rotatable bonds is 4. The van der Waals surface area contributed by atoms with Crippen LogP contribution in [0.1, 0.15) is 19.8 Å². The maximum absolute atomic E-state index is 13.0. The van der Waals surface area contributed by atoms with Crippen molar-refractivity contribution in [2.45, 2.75) is 26.3 Å². The van der Waals surface area contributed by atoms with E-state index in [-0.39, 0.29) is 24.0 Å². The van der Waals surface area contributed by atoms with Gasteiger partial charge in [-0.25, -0.2) is 18.3 Å². The van der Waals surface area contributed by atoms with E-state index >= 15 is 0 Å². The molecule has 1 fully saturated rings. The van der Waals surface area contributed by atoms with E-state index < -0.39 is 5.69 Å². The number of anilines is 2. The Labute approximate surface area is 160 Å². The van der Waals surface area contributed by atoms with E-state index in [9.17, 15) is 14.0 Å². The van der Waals surface area contributed by atoms with Crippen molar-refractivity contribution in [3.05, 3.63) is 52.8 Å². The monoisotopic (exact) mass is 384 g/mol. The van der Waals surface area contributed by atoms with Crippen molar-refractivity contribution < 1.29 is 9.18 Å². The second-order valence-corrected chi connectivity index (χ2v) is 7.12. The van der Waals surface area contributed by atoms with Crippen LogP contribution < -0.4 is 11.0 Å². The highest BCUT2D eigenvalue weighted by molar-refractivity contribution is 5.76. The van der Waals surface area contributed by atoms with Gasteiger partial charge < -0.3 is 10.2 Å². The standard InChI is InChI=1S/C19H21FN6O2/c1-13-6-9-24(10-7-13)17(27)12-26-19(28)25-11-8-16(22-18(25)23-26)21-15-4-2-14(20)3-5-15/h2-5,8,11,13H,6-7,9-10,12H2,1H3,(H,21,22,23). The lowest BCUT2D eigenvalue weighted by Gasteiger charge is -2.30. The van der Waals surface area contributed by atoms with Gasteiger partial charge in [-0.3, -0.25) is 4.79 Å². The minimum Gasteiger partial charge on any atom is -0.341 e. The molecule has 0 aliphatic carbocycles. The van der Waals surface area contributed by atoms with Crippen LogP contribution in [0.3, 0.4) is 0 Å². The lowest BCUT2D eigenvalue weighted by molar-refractivity contribution is -0.133. The van der Waals surface area contributed by atoms with E-state index in [1.807, 2.05) is 0 Å². The molecule has 0 saturated carbocycles. The number of hydrogen-bond donors (Lipinski definition) is 1. The summed E-state index contributed by atoms with van der Waals surface area (Å²) in [5.74, 6) is 0.845. The van der Waals surface area contributed by atoms with Gasteiger partial charge in [0.25, 0.3) is 5.78 Å². The molecule has 1 amide bonds. The molecule has 0 radical (unpaired) electrons. The number of benzene rings is 1. The summed E-state index contributed by atoms with van der Waals surface area (Å²) in [6, 6.07) is 7.48. The molecule has 0 atom stereocenters. The zero-order valence-corrected chi connectivity index (χ0v) is 15.5. The molecule has 8 nitrogen and oxygen atoms in total. The maximum atomic E-state index is 13.0. The van der Waals surface area contributed by atoms with Crippen LogP contribution in [0.5, 0.6) is 0 Å². The number of amides is 1. The second kappa shape index (κ2) is 7.41. The van der Waals surface area contributed by atoms with E-state index in [0.717, 1.165) is 17.5 Å². The zero-order chi connectivity index (χ0) is 19.7. The van der Waals surface area contributed by atoms with Crippen molar-refractivity contribution in [2.24, 2.45) is 5.92 Å². The van der Waals surface area contributed by atoms with Gasteiger partial charge in [0.1, 0.15) is 18.2 Å². The SMILES string of the molecule is CC1CCN(C(=O)Cn2nc3nc(Nc4ccc(F)cc4)ccn3c2=O)CC1. The summed E-state index contributed by atoms with van der Waals surface area (Å²) in [7, 11) is 0. The summed E-state index contributed by atoms with van der Waals surface area (Å²) >= 11 is 0. The van der Waals surface area contributed by atoms with Gasteiger partial charge in [0, 0.05) is 25.0 Å². The molecule has 1 N–H and O–H groups in total. The normalized spacial score (nSPS) is 15.1. The molecular formula is C19H21FN6O2. The summed E-state index contributed by atoms with van der Waals surface area (Å²) < 4.78 is 15.4. The van der Waals surface area contributed by atoms with Crippen LogP contribution in [0.25, 0.3) is 5.78 Å². The average Bonchev–Trinajstić information content (AvgIpc) is 2.99. The van der Waals surface area contributed by atoms with E-state index in [0.29, 0.717) is 30.5 Å². The zero-order valence-electron chi connectivity index (χ0n) is 15.5. The van der Waals surface area contributed by atoms with E-state index in [1.54, 1.807) is 29.3 Å². The lowest BCUT2D eigenvalue weighted by Crippen LogP contribution is -2.41. The van der Waals surface area contributed by atoms with Crippen LogP contribution >= 0.6 is 0 Å². The Hall–Kier alpha value is -3.23. The Morgan fingerprint density at radius 2 is 1.93 bits per heavy atom. The third kappa shape index (κ3) is 3.73. The van der Waals surface area contributed by atoms with Gasteiger partial charge in [0.05, 0.1) is 0 Å². The molecule has 1 saturated heterocycles. The van der Waals surface area contributed by atoms with Crippen LogP contribution in [0.15, 0.2) is 41.3 Å². The Bertz CT molecular complexity index is 1050. The fraction of sp³-hybridized carbons (Fsp3) is 0.368. The van der Waals surface area contributed by atoms with E-state index in [2.05, 4.69) is 22.3 Å². The first-order valence-electron chi connectivity index (χ1n) is 9.26. The van der Waals surface area contributed by atoms with Crippen LogP contribution in [-0.2, 0) is 11.3 Å². The number of piperidine rings is 1. The summed E-state index contributed by atoms with van der Waals surface area (Å²) in [4.78, 5) is 31.1. The van der Waals surface area contributed by atoms with Crippen molar-refractivity contribution >= 4 is 23.2 Å². The number of nitrogens with one attached hydrogen (secondary N) is 1. The minimum atomic E-state index is -0.408. The number of halogens is 1. The highest BCUT2D eigenvalue weighted by Gasteiger charge is 2.22. The molecule has 1 aliphatic rings. The van der Waals surface area contributed by atoms with Crippen molar-refractivity contribution in [3.8, 4) is 0 Å². The summed E-state index contributed by atoms with van der Waals surface area (Å²) in [5, 5.41) is 7.22. The largest absolute Gasteiger partial charge is 0.352 e. The second-order valence-electron chi connectivity index (χ2n) is 7.12. The molecule has 9 heteroatoms. The maximum Gasteiger partial charge on any atom is 0.352 e. The third-order valence-electron chi connectivity index (χ3n) is 4.99. The van der Waals surface area contributed by atoms with Gasteiger partial charge in [-0.1, -0.05) is 6.92 Å². The van der Waals surface area contributed by atoms with Crippen LogP contribution in [0.4, 0.5) is 15.9 Å². The molecular weight excluding hydrogens is 363 g/mol. The number of hydrogen-bond acceptors (Lipinski definition) is 5. The Kier molecular flexibility index (Phi) is 4.81. The molecule has 0 bridgehead atoms. The van der Waals surface area contributed by atoms with Gasteiger partial charge in [-0.15, -0.1) is 5.10 Å². The van der Waals surface area contributed by atoms with Gasteiger partial charge in [0.15, 0.2) is 0 Å². The molecule has 2 aromatic heterocycles. The van der Waals surface area contributed by atoms with Gasteiger partial charge in [-0.2, -0.15) is 4.98 Å². The number of carbonyl (C=O) groups excluding carboxylic acids is 1. The van der Waals surface area contributed by atoms with Crippen molar-refractivity contribution in [1.29, 1.82) is 0 Å². The Morgan fingerprint density at radius 1 is 1.21 bits per heavy atom. The van der Waals surface area contributed by atoms with Gasteiger partial charge in [-0.05, 0) is 49.1 Å². The van der Waals surface area contributed by atoms with Crippen LogP contribution in [0.2, 0.25) is 0 Å². The predicted octanol–water partition coefficient (Wildman–Crippen LogP) is 2.03. The smallest absolute Gasteiger partial charge is 0.341 e. The first-order valence-corrected chi connectivity index (χ1v) is 9.26. The third-order valence-corrected chi connectivity index (χ3v) is 4.99. The molecule has 3 aromatic rings. The average molecular weight is 384 g/mol. The van der Waals surface area contributed by atoms with Crippen molar-refractivity contribution in [1.82, 2.24) is 24.1 Å². The molecule has 28 heavy (non-hydrogen) atoms. The highest BCUT2D eigenvalue weighted by Crippen LogP contribution is 2.17. The number of fused-ring (bicyclic) bond motifs is 1. The summed E-state index contributed by atoms with van der Waals surface area (Å²) in [6.07, 6.45) is 3.50. The Morgan fingerprint density at radius 3 is 2.64 bits per heavy atom. The summed E-state index contributed by atoms with van der Waals surface area (Å²) in [6.45, 7) is 3.51. The van der Waals surface area contributed by atoms with Crippen molar-refractivity contribution in [3.63, 3.8) is 0 Å². The quantitative estimate of drug-likeness (QED) is 0.744. The molecule has 146 valence electrons. The molecule has 1 aromatic carbocycles. The van der Waals surface area contributed by atoms with E-state index in [4.69, 9.17) is 0 Å². The molecule has 1 aliphatic heterocycles. The van der Waals surface area contributed by atoms with Gasteiger partial charge in [0.2, 0.25) is 5.91 Å². The number of carbonyl (C=O) groups is 1. The molecule has 4 rings (SSSR count). The highest BCUT2D eigenvalue weighted by atomic mass is 19.1. The Balaban J connectivity index is 1.52. The topological polar surface area (TPSA) is 84.5 Å². The van der Waals surface area contributed by atoms with Crippen LogP contribution in [-0.4, -0.2) is 43.1 Å². The van der Waals surface area contributed by atoms with Gasteiger partial charge >= 0.3 is 5.69 Å². The lowest BCUT2D eigenvalue weighted by atomic mass is 9.99. The number of nitrogens with zero attached hydrogens (tertiary/aromatic N) is 5. The van der Waals surface area contributed by atoms with E-state index in [1.165, 1.54) is 16.5 Å². The fourth-order valence-corrected chi connectivity index (χ4v) is 3.25. The fourth-order valence-electron chi connectivity index (χ4n) is 3.25. The first-order chi connectivity index (χ1) is 13.5. The number of likely N-dealkylation sites (tertiary alicyclic amines) is 1. The van der Waals surface area contributed by atoms with Crippen LogP contribution in [0, 0.1) is 11.7 Å². The number of aromatic nitrogens is 4. The molecule has 3 heterocycles.